The van der Waals surface area contributed by atoms with E-state index in [0.717, 1.165) is 11.1 Å². The second-order valence-corrected chi connectivity index (χ2v) is 4.64. The van der Waals surface area contributed by atoms with Gasteiger partial charge in [0.15, 0.2) is 0 Å². The first-order valence-corrected chi connectivity index (χ1v) is 6.37. The van der Waals surface area contributed by atoms with Gasteiger partial charge in [0.1, 0.15) is 6.10 Å². The molecule has 17 heavy (non-hydrogen) atoms. The summed E-state index contributed by atoms with van der Waals surface area (Å²) in [6, 6.07) is 0. The number of hydrogen-bond donors (Lipinski definition) is 2. The van der Waals surface area contributed by atoms with E-state index in [1.807, 2.05) is 13.8 Å². The average Bonchev–Trinajstić information content (AvgIpc) is 2.15. The summed E-state index contributed by atoms with van der Waals surface area (Å²) in [5.41, 5.74) is 1.78. The lowest BCUT2D eigenvalue weighted by molar-refractivity contribution is -0.000845. The summed E-state index contributed by atoms with van der Waals surface area (Å²) in [4.78, 5) is 17.6. The fraction of sp³-hybridized carbons (Fsp3) is 0.636. The second-order valence-electron chi connectivity index (χ2n) is 3.92. The van der Waals surface area contributed by atoms with Crippen LogP contribution in [0.1, 0.15) is 13.8 Å². The van der Waals surface area contributed by atoms with Crippen LogP contribution in [0, 0.1) is 0 Å². The fourth-order valence-corrected chi connectivity index (χ4v) is 1.36. The third-order valence-electron chi connectivity index (χ3n) is 1.55. The van der Waals surface area contributed by atoms with Crippen LogP contribution in [0.2, 0.25) is 0 Å². The molecule has 0 aliphatic carbocycles. The molecule has 0 saturated carbocycles. The summed E-state index contributed by atoms with van der Waals surface area (Å²) in [6.07, 6.45) is -0.505. The summed E-state index contributed by atoms with van der Waals surface area (Å²) < 4.78 is 15.4. The van der Waals surface area contributed by atoms with Crippen molar-refractivity contribution in [3.8, 4) is 0 Å². The molecule has 0 rings (SSSR count). The molecule has 0 bridgehead atoms. The van der Waals surface area contributed by atoms with Crippen molar-refractivity contribution in [3.63, 3.8) is 0 Å². The molecule has 0 aliphatic rings. The minimum absolute atomic E-state index is 0.225. The molecule has 0 aromatic carbocycles. The molecule has 100 valence electrons. The average molecular weight is 264 g/mol. The van der Waals surface area contributed by atoms with Crippen molar-refractivity contribution in [3.05, 3.63) is 24.3 Å². The van der Waals surface area contributed by atoms with Gasteiger partial charge >= 0.3 is 8.60 Å². The maximum absolute atomic E-state index is 8.79. The van der Waals surface area contributed by atoms with Crippen LogP contribution in [-0.4, -0.2) is 42.3 Å². The van der Waals surface area contributed by atoms with E-state index >= 15 is 0 Å². The van der Waals surface area contributed by atoms with Crippen molar-refractivity contribution in [2.75, 3.05) is 26.4 Å². The van der Waals surface area contributed by atoms with Crippen LogP contribution < -0.4 is 0 Å². The molecule has 0 aromatic rings. The van der Waals surface area contributed by atoms with Gasteiger partial charge in [-0.25, -0.2) is 0 Å². The van der Waals surface area contributed by atoms with Crippen molar-refractivity contribution in [2.24, 2.45) is 0 Å². The molecule has 5 nitrogen and oxygen atoms in total. The van der Waals surface area contributed by atoms with Crippen LogP contribution in [-0.2, 0) is 14.0 Å². The van der Waals surface area contributed by atoms with E-state index in [-0.39, 0.29) is 13.2 Å². The molecule has 0 saturated heterocycles. The first kappa shape index (κ1) is 16.7. The summed E-state index contributed by atoms with van der Waals surface area (Å²) in [6.45, 7) is 12.4. The van der Waals surface area contributed by atoms with Crippen molar-refractivity contribution >= 4 is 8.60 Å². The Kier molecular flexibility index (Phi) is 9.55. The van der Waals surface area contributed by atoms with Gasteiger partial charge in [0.2, 0.25) is 0 Å². The second kappa shape index (κ2) is 9.71. The van der Waals surface area contributed by atoms with Gasteiger partial charge in [-0.1, -0.05) is 24.3 Å². The molecule has 0 aliphatic heterocycles. The molecule has 2 N–H and O–H groups in total. The zero-order valence-corrected chi connectivity index (χ0v) is 11.3. The zero-order chi connectivity index (χ0) is 13.3. The maximum Gasteiger partial charge on any atom is 0.327 e. The van der Waals surface area contributed by atoms with Crippen molar-refractivity contribution < 1.29 is 23.8 Å². The van der Waals surface area contributed by atoms with Crippen LogP contribution in [0.25, 0.3) is 0 Å². The van der Waals surface area contributed by atoms with Crippen LogP contribution >= 0.6 is 8.60 Å². The van der Waals surface area contributed by atoms with E-state index in [0.29, 0.717) is 13.2 Å². The highest BCUT2D eigenvalue weighted by molar-refractivity contribution is 7.39. The lowest BCUT2D eigenvalue weighted by Gasteiger charge is -2.18. The molecule has 6 heteroatoms. The van der Waals surface area contributed by atoms with Gasteiger partial charge in [0, 0.05) is 0 Å². The highest BCUT2D eigenvalue weighted by atomic mass is 31.2. The summed E-state index contributed by atoms with van der Waals surface area (Å²) >= 11 is 0. The molecule has 0 radical (unpaired) electrons. The highest BCUT2D eigenvalue weighted by Gasteiger charge is 2.14. The SMILES string of the molecule is C=C(C)COCC(COCC(=C)C)OP(O)O. The summed E-state index contributed by atoms with van der Waals surface area (Å²) in [7, 11) is -2.41. The molecule has 0 aromatic heterocycles. The molecular formula is C11H21O5P. The van der Waals surface area contributed by atoms with Crippen LogP contribution in [0.15, 0.2) is 24.3 Å². The minimum Gasteiger partial charge on any atom is -0.374 e. The molecule has 0 amide bonds. The van der Waals surface area contributed by atoms with Gasteiger partial charge in [-0.05, 0) is 13.8 Å². The summed E-state index contributed by atoms with van der Waals surface area (Å²) in [5, 5.41) is 0. The van der Waals surface area contributed by atoms with Crippen LogP contribution in [0.3, 0.4) is 0 Å². The third-order valence-corrected chi connectivity index (χ3v) is 2.03. The monoisotopic (exact) mass is 264 g/mol. The Labute approximate surface area is 104 Å². The zero-order valence-electron chi connectivity index (χ0n) is 10.4. The summed E-state index contributed by atoms with van der Waals surface area (Å²) in [5.74, 6) is 0. The Hall–Kier alpha value is -0.290. The Morgan fingerprint density at radius 1 is 1.06 bits per heavy atom. The van der Waals surface area contributed by atoms with E-state index < -0.39 is 14.7 Å². The largest absolute Gasteiger partial charge is 0.374 e. The molecule has 0 heterocycles. The van der Waals surface area contributed by atoms with Gasteiger partial charge in [-0.15, -0.1) is 0 Å². The maximum atomic E-state index is 8.79. The Morgan fingerprint density at radius 2 is 1.47 bits per heavy atom. The predicted octanol–water partition coefficient (Wildman–Crippen LogP) is 1.77. The van der Waals surface area contributed by atoms with E-state index in [4.69, 9.17) is 23.8 Å². The lowest BCUT2D eigenvalue weighted by atomic mass is 10.3. The molecule has 0 unspecified atom stereocenters. The van der Waals surface area contributed by atoms with Gasteiger partial charge < -0.3 is 23.8 Å². The van der Waals surface area contributed by atoms with E-state index in [2.05, 4.69) is 13.2 Å². The van der Waals surface area contributed by atoms with Crippen LogP contribution in [0.4, 0.5) is 0 Å². The highest BCUT2D eigenvalue weighted by Crippen LogP contribution is 2.27. The Balaban J connectivity index is 3.87. The standard InChI is InChI=1S/C11H21O5P/c1-9(2)5-14-7-11(16-17(12)13)8-15-6-10(3)4/h11-13H,1,3,5-8H2,2,4H3. The first-order valence-electron chi connectivity index (χ1n) is 5.20. The quantitative estimate of drug-likeness (QED) is 0.465. The minimum atomic E-state index is -2.41. The van der Waals surface area contributed by atoms with Gasteiger partial charge in [-0.2, -0.15) is 0 Å². The Morgan fingerprint density at radius 3 is 1.76 bits per heavy atom. The van der Waals surface area contributed by atoms with Crippen molar-refractivity contribution in [1.29, 1.82) is 0 Å². The normalized spacial score (nSPS) is 11.2. The molecule has 0 spiro atoms. The molecular weight excluding hydrogens is 243 g/mol. The predicted molar refractivity (Wildman–Crippen MR) is 67.5 cm³/mol. The lowest BCUT2D eigenvalue weighted by Crippen LogP contribution is -2.25. The van der Waals surface area contributed by atoms with Crippen molar-refractivity contribution in [1.82, 2.24) is 0 Å². The fourth-order valence-electron chi connectivity index (χ4n) is 0.972. The van der Waals surface area contributed by atoms with Crippen LogP contribution in [0.5, 0.6) is 0 Å². The number of hydrogen-bond acceptors (Lipinski definition) is 5. The number of rotatable bonds is 10. The topological polar surface area (TPSA) is 68.2 Å². The Bertz CT molecular complexity index is 222. The van der Waals surface area contributed by atoms with E-state index in [1.165, 1.54) is 0 Å². The van der Waals surface area contributed by atoms with Gasteiger partial charge in [-0.3, -0.25) is 0 Å². The molecule has 0 fully saturated rings. The third kappa shape index (κ3) is 12.0. The van der Waals surface area contributed by atoms with Gasteiger partial charge in [0.25, 0.3) is 0 Å². The van der Waals surface area contributed by atoms with Gasteiger partial charge in [0.05, 0.1) is 26.4 Å². The molecule has 0 atom stereocenters. The van der Waals surface area contributed by atoms with E-state index in [9.17, 15) is 0 Å². The van der Waals surface area contributed by atoms with Crippen molar-refractivity contribution in [2.45, 2.75) is 20.0 Å². The smallest absolute Gasteiger partial charge is 0.327 e. The number of ether oxygens (including phenoxy) is 2. The van der Waals surface area contributed by atoms with E-state index in [1.54, 1.807) is 0 Å². The first-order chi connectivity index (χ1) is 7.91.